The first-order valence-electron chi connectivity index (χ1n) is 18.9. The number of benzene rings is 6. The summed E-state index contributed by atoms with van der Waals surface area (Å²) in [5.74, 6) is -2.78. The lowest BCUT2D eigenvalue weighted by Gasteiger charge is -2.24. The number of carbonyl (C=O) groups excluding carboxylic acids is 2. The van der Waals surface area contributed by atoms with Crippen LogP contribution >= 0.6 is 0 Å². The average molecular weight is 821 g/mol. The molecular weight excluding hydrogens is 801 g/mol. The summed E-state index contributed by atoms with van der Waals surface area (Å²) >= 11 is 0. The van der Waals surface area contributed by atoms with Crippen LogP contribution in [-0.4, -0.2) is 11.9 Å². The van der Waals surface area contributed by atoms with Crippen molar-refractivity contribution in [3.8, 4) is 93.4 Å². The fraction of sp³-hybridized carbons (Fsp3) is 0. The lowest BCUT2D eigenvalue weighted by molar-refractivity contribution is 0.0724. The normalized spacial score (nSPS) is 10.2. The molecule has 0 amide bonds. The van der Waals surface area contributed by atoms with E-state index < -0.39 is 67.6 Å². The highest BCUT2D eigenvalue weighted by Gasteiger charge is 2.31. The van der Waals surface area contributed by atoms with E-state index in [0.717, 1.165) is 0 Å². The number of nitriles is 8. The molecule has 0 aliphatic rings. The van der Waals surface area contributed by atoms with Crippen molar-refractivity contribution in [2.45, 2.75) is 0 Å². The number of fused-ring (bicyclic) bond motifs is 2. The summed E-state index contributed by atoms with van der Waals surface area (Å²) in [6.45, 7) is 0. The van der Waals surface area contributed by atoms with Gasteiger partial charge < -0.3 is 9.47 Å². The number of nitrogens with zero attached hydrogens (tertiary/aromatic N) is 8. The minimum atomic E-state index is -1.25. The summed E-state index contributed by atoms with van der Waals surface area (Å²) in [7, 11) is 0. The van der Waals surface area contributed by atoms with Gasteiger partial charge in [-0.25, -0.2) is 42.1 Å². The third kappa shape index (κ3) is 6.35. The minimum absolute atomic E-state index is 0.143. The van der Waals surface area contributed by atoms with Crippen LogP contribution in [0.3, 0.4) is 0 Å². The minimum Gasteiger partial charge on any atom is -0.427 e. The molecule has 0 spiro atoms. The van der Waals surface area contributed by atoms with Crippen molar-refractivity contribution in [3.05, 3.63) is 177 Å². The third-order valence-electron chi connectivity index (χ3n) is 10.6. The molecule has 12 heteroatoms. The van der Waals surface area contributed by atoms with Crippen molar-refractivity contribution in [1.29, 1.82) is 42.1 Å². The Morgan fingerprint density at radius 1 is 0.391 bits per heavy atom. The topological polar surface area (TPSA) is 243 Å². The van der Waals surface area contributed by atoms with Crippen molar-refractivity contribution in [1.82, 2.24) is 0 Å². The molecule has 0 radical (unpaired) electrons. The number of carbonyl (C=O) groups is 2. The Balaban J connectivity index is 1.55. The molecule has 0 N–H and O–H groups in total. The predicted molar refractivity (Wildman–Crippen MR) is 229 cm³/mol. The van der Waals surface area contributed by atoms with Crippen LogP contribution in [0, 0.1) is 90.6 Å². The molecule has 0 atom stereocenters. The van der Waals surface area contributed by atoms with Crippen LogP contribution in [0.5, 0.6) is 11.5 Å². The van der Waals surface area contributed by atoms with Crippen LogP contribution in [0.2, 0.25) is 0 Å². The number of hydrogen-bond acceptors (Lipinski definition) is 12. The van der Waals surface area contributed by atoms with Gasteiger partial charge in [-0.1, -0.05) is 109 Å². The van der Waals surface area contributed by atoms with Gasteiger partial charge in [0.2, 0.25) is 0 Å². The maximum Gasteiger partial charge on any atom is 0.310 e. The molecule has 0 unspecified atom stereocenters. The highest BCUT2D eigenvalue weighted by molar-refractivity contribution is 6.16. The van der Waals surface area contributed by atoms with Crippen molar-refractivity contribution < 1.29 is 19.1 Å². The van der Waals surface area contributed by atoms with Crippen molar-refractivity contribution in [2.24, 2.45) is 0 Å². The summed E-state index contributed by atoms with van der Waals surface area (Å²) in [4.78, 5) is 29.5. The molecule has 0 aromatic heterocycles. The maximum absolute atomic E-state index is 14.8. The van der Waals surface area contributed by atoms with Crippen LogP contribution in [0.15, 0.2) is 121 Å². The van der Waals surface area contributed by atoms with E-state index >= 15 is 0 Å². The fourth-order valence-corrected chi connectivity index (χ4v) is 7.87. The van der Waals surface area contributed by atoms with Gasteiger partial charge in [0.15, 0.2) is 0 Å². The average Bonchev–Trinajstić information content (AvgIpc) is 3.85. The van der Waals surface area contributed by atoms with E-state index in [4.69, 9.17) is 9.47 Å². The maximum atomic E-state index is 14.8. The van der Waals surface area contributed by atoms with Gasteiger partial charge in [-0.15, -0.1) is 0 Å². The molecule has 294 valence electrons. The van der Waals surface area contributed by atoms with E-state index in [1.165, 1.54) is 0 Å². The van der Waals surface area contributed by atoms with Crippen molar-refractivity contribution in [3.63, 3.8) is 0 Å². The molecule has 0 saturated carbocycles. The number of esters is 2. The summed E-state index contributed by atoms with van der Waals surface area (Å²) in [6, 6.07) is 49.6. The first kappa shape index (κ1) is 40.2. The van der Waals surface area contributed by atoms with E-state index in [-0.39, 0.29) is 22.6 Å². The highest BCUT2D eigenvalue weighted by Crippen LogP contribution is 2.53. The second-order valence-electron chi connectivity index (χ2n) is 13.9. The highest BCUT2D eigenvalue weighted by atomic mass is 16.5. The lowest BCUT2D eigenvalue weighted by Crippen LogP contribution is -2.14. The van der Waals surface area contributed by atoms with Gasteiger partial charge in [0, 0.05) is 33.4 Å². The van der Waals surface area contributed by atoms with E-state index in [9.17, 15) is 51.7 Å². The number of rotatable bonds is 7. The van der Waals surface area contributed by atoms with Gasteiger partial charge in [-0.2, -0.15) is 0 Å². The van der Waals surface area contributed by atoms with E-state index in [1.807, 2.05) is 12.1 Å². The Morgan fingerprint density at radius 2 is 0.688 bits per heavy atom. The zero-order valence-corrected chi connectivity index (χ0v) is 32.8. The van der Waals surface area contributed by atoms with Gasteiger partial charge in [-0.05, 0) is 114 Å². The first-order chi connectivity index (χ1) is 31.3. The SMILES string of the molecule is N#Cc1c(C#N)c(C#N)[c-](C(=O)Oc2c(-c3ccccc3)cc3ccccc3c2-c2c(OC(=O)[c-]3c(C#N)c(C#N)c(C#N)c3C#N)c(-c3ccccc3)cc3ccccc23)c1C#N. The summed E-state index contributed by atoms with van der Waals surface area (Å²) in [6.07, 6.45) is 0. The molecule has 0 aliphatic carbocycles. The number of ether oxygens (including phenoxy) is 2. The molecule has 8 rings (SSSR count). The predicted octanol–water partition coefficient (Wildman–Crippen LogP) is 9.84. The lowest BCUT2D eigenvalue weighted by atomic mass is 9.86. The molecule has 0 aliphatic heterocycles. The summed E-state index contributed by atoms with van der Waals surface area (Å²) in [5.41, 5.74) is -3.10. The zero-order chi connectivity index (χ0) is 45.1. The standard InChI is InChI=1S/C52H20N8O4/c53-21-37-38(22-54)42(26-58)45(41(37)25-57)51(61)63-49-35(29-11-3-1-4-12-29)19-31-15-7-9-17-33(31)47(49)48-34-18-10-8-16-32(34)20-36(30-13-5-2-6-14-30)50(48)64-52(62)46-43(27-59)39(23-55)40(24-56)44(46)28-60/h1-20H/q-2. The molecule has 0 heterocycles. The Bertz CT molecular complexity index is 3350. The fourth-order valence-electron chi connectivity index (χ4n) is 7.87. The zero-order valence-electron chi connectivity index (χ0n) is 32.8. The molecule has 0 saturated heterocycles. The summed E-state index contributed by atoms with van der Waals surface area (Å²) < 4.78 is 12.8. The van der Waals surface area contributed by atoms with Gasteiger partial charge >= 0.3 is 11.9 Å². The van der Waals surface area contributed by atoms with E-state index in [1.54, 1.807) is 158 Å². The van der Waals surface area contributed by atoms with Crippen LogP contribution in [0.1, 0.15) is 65.2 Å². The summed E-state index contributed by atoms with van der Waals surface area (Å²) in [5, 5.41) is 82.9. The molecule has 12 nitrogen and oxygen atoms in total. The molecular formula is C52H20N8O4-2. The molecule has 0 bridgehead atoms. The van der Waals surface area contributed by atoms with Gasteiger partial charge in [-0.3, -0.25) is 9.59 Å². The third-order valence-corrected chi connectivity index (χ3v) is 10.6. The Kier molecular flexibility index (Phi) is 10.4. The monoisotopic (exact) mass is 820 g/mol. The van der Waals surface area contributed by atoms with Gasteiger partial charge in [0.05, 0.1) is 24.3 Å². The largest absolute Gasteiger partial charge is 0.427 e. The van der Waals surface area contributed by atoms with Crippen LogP contribution in [0.4, 0.5) is 0 Å². The van der Waals surface area contributed by atoms with E-state index in [2.05, 4.69) is 0 Å². The Morgan fingerprint density at radius 3 is 0.984 bits per heavy atom. The molecule has 0 fully saturated rings. The smallest absolute Gasteiger partial charge is 0.310 e. The Labute approximate surface area is 363 Å². The molecule has 64 heavy (non-hydrogen) atoms. The number of hydrogen-bond donors (Lipinski definition) is 0. The first-order valence-corrected chi connectivity index (χ1v) is 18.9. The van der Waals surface area contributed by atoms with Crippen molar-refractivity contribution >= 4 is 33.5 Å². The second kappa shape index (κ2) is 16.6. The van der Waals surface area contributed by atoms with E-state index in [0.29, 0.717) is 43.8 Å². The van der Waals surface area contributed by atoms with Crippen LogP contribution in [0.25, 0.3) is 54.9 Å². The quantitative estimate of drug-likeness (QED) is 0.0828. The Hall–Kier alpha value is -10.6. The van der Waals surface area contributed by atoms with Crippen LogP contribution in [-0.2, 0) is 0 Å². The van der Waals surface area contributed by atoms with Crippen LogP contribution < -0.4 is 9.47 Å². The van der Waals surface area contributed by atoms with Crippen molar-refractivity contribution in [2.75, 3.05) is 0 Å². The van der Waals surface area contributed by atoms with Gasteiger partial charge in [0.1, 0.15) is 11.5 Å². The molecule has 8 aromatic carbocycles. The molecule has 8 aromatic rings. The second-order valence-corrected chi connectivity index (χ2v) is 13.9. The van der Waals surface area contributed by atoms with Gasteiger partial charge in [0.25, 0.3) is 0 Å².